The minimum absolute atomic E-state index is 0.126. The van der Waals surface area contributed by atoms with Crippen LogP contribution in [0.4, 0.5) is 0 Å². The van der Waals surface area contributed by atoms with Gasteiger partial charge in [0.15, 0.2) is 0 Å². The molecule has 0 aromatic carbocycles. The average molecular weight is 190 g/mol. The van der Waals surface area contributed by atoms with Crippen LogP contribution in [0.25, 0.3) is 0 Å². The zero-order valence-electron chi connectivity index (χ0n) is 5.51. The molecule has 0 aliphatic rings. The number of halogens is 2. The number of aliphatic hydroxyl groups excluding tert-OH is 1. The smallest absolute Gasteiger partial charge is 0.134 e. The summed E-state index contributed by atoms with van der Waals surface area (Å²) in [6.07, 6.45) is 0. The lowest BCUT2D eigenvalue weighted by molar-refractivity contribution is 0.281. The highest BCUT2D eigenvalue weighted by Crippen LogP contribution is 2.20. The van der Waals surface area contributed by atoms with Crippen LogP contribution in [0.5, 0.6) is 0 Å². The average Bonchev–Trinajstić information content (AvgIpc) is 1.96. The number of nitrogens with zero attached hydrogens (tertiary/aromatic N) is 1. The molecule has 1 rings (SSSR count). The molecule has 1 heterocycles. The van der Waals surface area contributed by atoms with Gasteiger partial charge in [-0.25, -0.2) is 4.98 Å². The van der Waals surface area contributed by atoms with Crippen molar-refractivity contribution >= 4 is 23.2 Å². The topological polar surface area (TPSA) is 33.1 Å². The molecule has 1 aromatic heterocycles. The summed E-state index contributed by atoms with van der Waals surface area (Å²) in [5.74, 6) is 0. The molecule has 0 atom stereocenters. The van der Waals surface area contributed by atoms with Gasteiger partial charge in [-0.3, -0.25) is 0 Å². The standard InChI is InChI=1S/C7H5Cl2NO/c1-4-5(3-11)2-6(8)10-7(4)9/h1-2,11H,3H2. The summed E-state index contributed by atoms with van der Waals surface area (Å²) in [6, 6.07) is 1.47. The Balaban J connectivity index is 3.24. The Kier molecular flexibility index (Phi) is 2.71. The van der Waals surface area contributed by atoms with Crippen molar-refractivity contribution in [1.29, 1.82) is 0 Å². The molecule has 0 aliphatic carbocycles. The number of aromatic nitrogens is 1. The van der Waals surface area contributed by atoms with Gasteiger partial charge in [-0.2, -0.15) is 0 Å². The molecule has 58 valence electrons. The van der Waals surface area contributed by atoms with Gasteiger partial charge in [-0.05, 0) is 17.2 Å². The Morgan fingerprint density at radius 3 is 2.73 bits per heavy atom. The van der Waals surface area contributed by atoms with Crippen molar-refractivity contribution in [3.8, 4) is 0 Å². The lowest BCUT2D eigenvalue weighted by Gasteiger charge is -2.02. The number of rotatable bonds is 1. The van der Waals surface area contributed by atoms with Gasteiger partial charge in [0.2, 0.25) is 0 Å². The van der Waals surface area contributed by atoms with Gasteiger partial charge >= 0.3 is 0 Å². The molecular formula is C7H5Cl2NO. The molecule has 0 saturated heterocycles. The molecule has 0 aliphatic heterocycles. The molecule has 4 heteroatoms. The van der Waals surface area contributed by atoms with Crippen molar-refractivity contribution in [2.45, 2.75) is 6.61 Å². The van der Waals surface area contributed by atoms with Crippen LogP contribution in [-0.2, 0) is 6.61 Å². The fourth-order valence-electron chi connectivity index (χ4n) is 0.671. The molecule has 1 N–H and O–H groups in total. The van der Waals surface area contributed by atoms with Crippen molar-refractivity contribution in [2.75, 3.05) is 0 Å². The minimum atomic E-state index is -0.187. The van der Waals surface area contributed by atoms with Crippen LogP contribution in [0.15, 0.2) is 6.07 Å². The van der Waals surface area contributed by atoms with E-state index in [0.717, 1.165) is 0 Å². The van der Waals surface area contributed by atoms with Gasteiger partial charge in [0.1, 0.15) is 10.3 Å². The molecule has 11 heavy (non-hydrogen) atoms. The van der Waals surface area contributed by atoms with Crippen molar-refractivity contribution in [2.24, 2.45) is 0 Å². The van der Waals surface area contributed by atoms with Crippen LogP contribution in [0.3, 0.4) is 0 Å². The Morgan fingerprint density at radius 1 is 1.55 bits per heavy atom. The van der Waals surface area contributed by atoms with Crippen molar-refractivity contribution < 1.29 is 5.11 Å². The third-order valence-corrected chi connectivity index (χ3v) is 1.72. The first-order chi connectivity index (χ1) is 5.15. The first-order valence-corrected chi connectivity index (χ1v) is 3.62. The normalized spacial score (nSPS) is 10.2. The molecule has 1 aromatic rings. The zero-order valence-corrected chi connectivity index (χ0v) is 7.02. The van der Waals surface area contributed by atoms with Gasteiger partial charge < -0.3 is 5.11 Å². The molecule has 0 bridgehead atoms. The highest BCUT2D eigenvalue weighted by molar-refractivity contribution is 6.33. The molecular weight excluding hydrogens is 185 g/mol. The van der Waals surface area contributed by atoms with Crippen molar-refractivity contribution in [3.05, 3.63) is 34.4 Å². The molecule has 2 nitrogen and oxygen atoms in total. The number of aliphatic hydroxyl groups is 1. The minimum Gasteiger partial charge on any atom is -0.392 e. The Hall–Kier alpha value is -0.310. The highest BCUT2D eigenvalue weighted by Gasteiger charge is 2.04. The predicted octanol–water partition coefficient (Wildman–Crippen LogP) is 1.94. The second-order valence-electron chi connectivity index (χ2n) is 1.97. The predicted molar refractivity (Wildman–Crippen MR) is 43.6 cm³/mol. The monoisotopic (exact) mass is 189 g/mol. The van der Waals surface area contributed by atoms with E-state index in [1.165, 1.54) is 6.07 Å². The van der Waals surface area contributed by atoms with Crippen LogP contribution in [0, 0.1) is 6.92 Å². The quantitative estimate of drug-likeness (QED) is 0.686. The van der Waals surface area contributed by atoms with Gasteiger partial charge in [-0.1, -0.05) is 23.2 Å². The maximum Gasteiger partial charge on any atom is 0.134 e. The van der Waals surface area contributed by atoms with Crippen LogP contribution < -0.4 is 0 Å². The van der Waals surface area contributed by atoms with Gasteiger partial charge in [-0.15, -0.1) is 0 Å². The summed E-state index contributed by atoms with van der Waals surface area (Å²) in [5.41, 5.74) is 0.772. The van der Waals surface area contributed by atoms with E-state index < -0.39 is 0 Å². The lowest BCUT2D eigenvalue weighted by Crippen LogP contribution is -1.92. The number of hydrogen-bond acceptors (Lipinski definition) is 2. The first-order valence-electron chi connectivity index (χ1n) is 2.86. The molecule has 0 spiro atoms. The second-order valence-corrected chi connectivity index (χ2v) is 2.71. The number of hydrogen-bond donors (Lipinski definition) is 1. The molecule has 0 amide bonds. The Morgan fingerprint density at radius 2 is 2.18 bits per heavy atom. The van der Waals surface area contributed by atoms with E-state index in [1.807, 2.05) is 0 Å². The summed E-state index contributed by atoms with van der Waals surface area (Å²) in [4.78, 5) is 3.68. The molecule has 0 saturated carbocycles. The lowest BCUT2D eigenvalue weighted by atomic mass is 10.2. The van der Waals surface area contributed by atoms with Crippen LogP contribution >= 0.6 is 23.2 Å². The van der Waals surface area contributed by atoms with Crippen molar-refractivity contribution in [1.82, 2.24) is 4.98 Å². The number of pyridine rings is 1. The second kappa shape index (κ2) is 3.39. The summed E-state index contributed by atoms with van der Waals surface area (Å²) >= 11 is 11.1. The summed E-state index contributed by atoms with van der Waals surface area (Å²) in [6.45, 7) is 5.26. The summed E-state index contributed by atoms with van der Waals surface area (Å²) in [7, 11) is 0. The van der Waals surface area contributed by atoms with Gasteiger partial charge in [0.25, 0.3) is 0 Å². The van der Waals surface area contributed by atoms with E-state index >= 15 is 0 Å². The fourth-order valence-corrected chi connectivity index (χ4v) is 1.14. The molecule has 0 unspecified atom stereocenters. The van der Waals surface area contributed by atoms with E-state index in [-0.39, 0.29) is 22.5 Å². The Bertz CT molecular complexity index is 275. The molecule has 2 radical (unpaired) electrons. The van der Waals surface area contributed by atoms with Crippen LogP contribution in [0.1, 0.15) is 11.1 Å². The van der Waals surface area contributed by atoms with Crippen molar-refractivity contribution in [3.63, 3.8) is 0 Å². The maximum absolute atomic E-state index is 8.74. The summed E-state index contributed by atoms with van der Waals surface area (Å²) in [5, 5.41) is 9.10. The first kappa shape index (κ1) is 8.78. The Labute approximate surface area is 74.8 Å². The fraction of sp³-hybridized carbons (Fsp3) is 0.143. The van der Waals surface area contributed by atoms with Gasteiger partial charge in [0, 0.05) is 6.92 Å². The SMILES string of the molecule is [CH]c1c(CO)cc(Cl)nc1Cl. The third kappa shape index (κ3) is 1.83. The third-order valence-electron chi connectivity index (χ3n) is 1.24. The summed E-state index contributed by atoms with van der Waals surface area (Å²) < 4.78 is 0. The maximum atomic E-state index is 8.74. The van der Waals surface area contributed by atoms with E-state index in [2.05, 4.69) is 4.98 Å². The van der Waals surface area contributed by atoms with E-state index in [1.54, 1.807) is 0 Å². The van der Waals surface area contributed by atoms with E-state index in [0.29, 0.717) is 5.56 Å². The van der Waals surface area contributed by atoms with Gasteiger partial charge in [0.05, 0.1) is 6.61 Å². The van der Waals surface area contributed by atoms with E-state index in [9.17, 15) is 0 Å². The largest absolute Gasteiger partial charge is 0.392 e. The molecule has 0 fully saturated rings. The van der Waals surface area contributed by atoms with E-state index in [4.69, 9.17) is 35.2 Å². The highest BCUT2D eigenvalue weighted by atomic mass is 35.5. The zero-order chi connectivity index (χ0) is 8.43. The van der Waals surface area contributed by atoms with Crippen LogP contribution in [0.2, 0.25) is 10.3 Å². The van der Waals surface area contributed by atoms with Crippen LogP contribution in [-0.4, -0.2) is 10.1 Å².